The fraction of sp³-hybridized carbons (Fsp3) is 0.550. The van der Waals surface area contributed by atoms with E-state index in [4.69, 9.17) is 0 Å². The van der Waals surface area contributed by atoms with Crippen LogP contribution in [0.3, 0.4) is 0 Å². The summed E-state index contributed by atoms with van der Waals surface area (Å²) in [6, 6.07) is 7.16. The molecular formula is C20H28N2O2. The number of hydrogen-bond acceptors (Lipinski definition) is 3. The van der Waals surface area contributed by atoms with Crippen molar-refractivity contribution in [1.82, 2.24) is 10.2 Å². The van der Waals surface area contributed by atoms with Crippen LogP contribution in [0.5, 0.6) is 0 Å². The average Bonchev–Trinajstić information content (AvgIpc) is 2.96. The summed E-state index contributed by atoms with van der Waals surface area (Å²) in [4.78, 5) is 14.9. The zero-order valence-electron chi connectivity index (χ0n) is 15.1. The lowest BCUT2D eigenvalue weighted by Gasteiger charge is -2.31. The van der Waals surface area contributed by atoms with E-state index in [1.165, 1.54) is 12.8 Å². The summed E-state index contributed by atoms with van der Waals surface area (Å²) in [6.45, 7) is 10.5. The van der Waals surface area contributed by atoms with Gasteiger partial charge in [0.25, 0.3) is 5.91 Å². The van der Waals surface area contributed by atoms with Crippen LogP contribution in [0.2, 0.25) is 0 Å². The predicted octanol–water partition coefficient (Wildman–Crippen LogP) is 2.41. The molecule has 2 rings (SSSR count). The van der Waals surface area contributed by atoms with E-state index in [2.05, 4.69) is 35.9 Å². The Hall–Kier alpha value is -1.83. The number of nitrogens with zero attached hydrogens (tertiary/aromatic N) is 1. The molecule has 0 unspecified atom stereocenters. The van der Waals surface area contributed by atoms with Crippen LogP contribution in [0.15, 0.2) is 24.3 Å². The van der Waals surface area contributed by atoms with Gasteiger partial charge in [-0.05, 0) is 77.9 Å². The number of carbonyl (C=O) groups excluding carboxylic acids is 1. The van der Waals surface area contributed by atoms with Gasteiger partial charge >= 0.3 is 0 Å². The lowest BCUT2D eigenvalue weighted by Crippen LogP contribution is -2.50. The second-order valence-electron chi connectivity index (χ2n) is 7.71. The van der Waals surface area contributed by atoms with Crippen molar-refractivity contribution in [2.45, 2.75) is 51.7 Å². The van der Waals surface area contributed by atoms with Crippen molar-refractivity contribution in [3.63, 3.8) is 0 Å². The van der Waals surface area contributed by atoms with E-state index in [1.54, 1.807) is 38.1 Å². The molecule has 1 amide bonds. The van der Waals surface area contributed by atoms with Crippen LogP contribution < -0.4 is 5.32 Å². The maximum absolute atomic E-state index is 12.5. The van der Waals surface area contributed by atoms with Crippen LogP contribution in [0.4, 0.5) is 0 Å². The molecule has 1 saturated heterocycles. The fourth-order valence-corrected chi connectivity index (χ4v) is 2.85. The van der Waals surface area contributed by atoms with Gasteiger partial charge in [-0.2, -0.15) is 0 Å². The molecule has 0 aliphatic carbocycles. The van der Waals surface area contributed by atoms with Gasteiger partial charge in [-0.25, -0.2) is 0 Å². The Kier molecular flexibility index (Phi) is 5.69. The molecule has 1 aromatic carbocycles. The van der Waals surface area contributed by atoms with Gasteiger partial charge < -0.3 is 15.3 Å². The van der Waals surface area contributed by atoms with E-state index >= 15 is 0 Å². The highest BCUT2D eigenvalue weighted by Crippen LogP contribution is 2.14. The highest BCUT2D eigenvalue weighted by Gasteiger charge is 2.25. The van der Waals surface area contributed by atoms with Crippen LogP contribution in [0.25, 0.3) is 0 Å². The number of likely N-dealkylation sites (tertiary alicyclic amines) is 1. The van der Waals surface area contributed by atoms with Gasteiger partial charge in [0.2, 0.25) is 0 Å². The standard InChI is InChI=1S/C20H28N2O2/c1-19(2,15-22-13-5-6-14-22)21-18(23)17-9-7-16(8-10-17)11-12-20(3,4)24/h7-10,24H,5-6,13-15H2,1-4H3,(H,21,23). The monoisotopic (exact) mass is 328 g/mol. The molecule has 0 saturated carbocycles. The third kappa shape index (κ3) is 5.99. The second kappa shape index (κ2) is 7.38. The number of hydrogen-bond donors (Lipinski definition) is 2. The molecule has 0 radical (unpaired) electrons. The first kappa shape index (κ1) is 18.5. The molecule has 0 atom stereocenters. The number of amides is 1. The van der Waals surface area contributed by atoms with Gasteiger partial charge in [-0.1, -0.05) is 11.8 Å². The first-order valence-corrected chi connectivity index (χ1v) is 8.55. The zero-order chi connectivity index (χ0) is 17.8. The quantitative estimate of drug-likeness (QED) is 0.835. The molecule has 2 N–H and O–H groups in total. The summed E-state index contributed by atoms with van der Waals surface area (Å²) in [5, 5.41) is 12.7. The van der Waals surface area contributed by atoms with Gasteiger partial charge in [0.05, 0.1) is 0 Å². The van der Waals surface area contributed by atoms with Crippen molar-refractivity contribution in [3.05, 3.63) is 35.4 Å². The third-order valence-electron chi connectivity index (χ3n) is 3.93. The zero-order valence-corrected chi connectivity index (χ0v) is 15.1. The van der Waals surface area contributed by atoms with Crippen molar-refractivity contribution in [2.75, 3.05) is 19.6 Å². The largest absolute Gasteiger partial charge is 0.378 e. The van der Waals surface area contributed by atoms with Crippen molar-refractivity contribution in [1.29, 1.82) is 0 Å². The number of aliphatic hydroxyl groups is 1. The molecule has 0 aromatic heterocycles. The summed E-state index contributed by atoms with van der Waals surface area (Å²) >= 11 is 0. The van der Waals surface area contributed by atoms with Crippen molar-refractivity contribution >= 4 is 5.91 Å². The van der Waals surface area contributed by atoms with Gasteiger partial charge in [0.1, 0.15) is 5.60 Å². The SMILES string of the molecule is CC(C)(O)C#Cc1ccc(C(=O)NC(C)(C)CN2CCCC2)cc1. The van der Waals surface area contributed by atoms with E-state index in [-0.39, 0.29) is 11.4 Å². The Balaban J connectivity index is 1.97. The Bertz CT molecular complexity index is 624. The predicted molar refractivity (Wildman–Crippen MR) is 96.8 cm³/mol. The van der Waals surface area contributed by atoms with Crippen LogP contribution >= 0.6 is 0 Å². The highest BCUT2D eigenvalue weighted by molar-refractivity contribution is 5.94. The number of rotatable bonds is 4. The first-order valence-electron chi connectivity index (χ1n) is 8.55. The van der Waals surface area contributed by atoms with Crippen molar-refractivity contribution in [2.24, 2.45) is 0 Å². The molecule has 1 fully saturated rings. The van der Waals surface area contributed by atoms with Gasteiger partial charge in [0.15, 0.2) is 0 Å². The number of carbonyl (C=O) groups is 1. The van der Waals surface area contributed by atoms with E-state index in [9.17, 15) is 9.90 Å². The molecule has 4 heteroatoms. The molecular weight excluding hydrogens is 300 g/mol. The normalized spacial score (nSPS) is 15.7. The number of benzene rings is 1. The van der Waals surface area contributed by atoms with Crippen LogP contribution in [-0.4, -0.2) is 46.7 Å². The summed E-state index contributed by atoms with van der Waals surface area (Å²) in [6.07, 6.45) is 2.49. The van der Waals surface area contributed by atoms with Crippen molar-refractivity contribution < 1.29 is 9.90 Å². The molecule has 24 heavy (non-hydrogen) atoms. The molecule has 0 spiro atoms. The summed E-state index contributed by atoms with van der Waals surface area (Å²) in [5.74, 6) is 5.61. The van der Waals surface area contributed by atoms with Gasteiger partial charge in [-0.3, -0.25) is 4.79 Å². The maximum atomic E-state index is 12.5. The molecule has 0 bridgehead atoms. The second-order valence-corrected chi connectivity index (χ2v) is 7.71. The molecule has 1 aromatic rings. The lowest BCUT2D eigenvalue weighted by molar-refractivity contribution is 0.0894. The Morgan fingerprint density at radius 3 is 2.29 bits per heavy atom. The smallest absolute Gasteiger partial charge is 0.251 e. The fourth-order valence-electron chi connectivity index (χ4n) is 2.85. The van der Waals surface area contributed by atoms with Crippen LogP contribution in [-0.2, 0) is 0 Å². The molecule has 1 heterocycles. The topological polar surface area (TPSA) is 52.6 Å². The van der Waals surface area contributed by atoms with Gasteiger partial charge in [-0.15, -0.1) is 0 Å². The first-order chi connectivity index (χ1) is 11.1. The lowest BCUT2D eigenvalue weighted by atomic mass is 10.0. The Labute approximate surface area is 145 Å². The Morgan fingerprint density at radius 1 is 1.17 bits per heavy atom. The summed E-state index contributed by atoms with van der Waals surface area (Å²) in [7, 11) is 0. The van der Waals surface area contributed by atoms with E-state index in [0.717, 1.165) is 25.2 Å². The molecule has 130 valence electrons. The minimum Gasteiger partial charge on any atom is -0.378 e. The minimum absolute atomic E-state index is 0.0683. The van der Waals surface area contributed by atoms with Crippen molar-refractivity contribution in [3.8, 4) is 11.8 Å². The van der Waals surface area contributed by atoms with Crippen LogP contribution in [0.1, 0.15) is 56.5 Å². The molecule has 4 nitrogen and oxygen atoms in total. The van der Waals surface area contributed by atoms with E-state index in [1.807, 2.05) is 0 Å². The Morgan fingerprint density at radius 2 is 1.75 bits per heavy atom. The average molecular weight is 328 g/mol. The van der Waals surface area contributed by atoms with E-state index < -0.39 is 5.60 Å². The van der Waals surface area contributed by atoms with Crippen LogP contribution in [0, 0.1) is 11.8 Å². The molecule has 1 aliphatic rings. The number of nitrogens with one attached hydrogen (secondary N) is 1. The maximum Gasteiger partial charge on any atom is 0.251 e. The summed E-state index contributed by atoms with van der Waals surface area (Å²) in [5.41, 5.74) is 0.125. The molecule has 1 aliphatic heterocycles. The summed E-state index contributed by atoms with van der Waals surface area (Å²) < 4.78 is 0. The van der Waals surface area contributed by atoms with E-state index in [0.29, 0.717) is 5.56 Å². The van der Waals surface area contributed by atoms with Gasteiger partial charge in [0, 0.05) is 23.2 Å². The third-order valence-corrected chi connectivity index (χ3v) is 3.93. The minimum atomic E-state index is -1.02. The highest BCUT2D eigenvalue weighted by atomic mass is 16.3.